The quantitative estimate of drug-likeness (QED) is 0.572. The van der Waals surface area contributed by atoms with E-state index in [1.54, 1.807) is 33.8 Å². The molecule has 2 amide bonds. The molecule has 0 spiro atoms. The van der Waals surface area contributed by atoms with Gasteiger partial charge in [-0.05, 0) is 36.8 Å². The van der Waals surface area contributed by atoms with Crippen molar-refractivity contribution in [3.63, 3.8) is 0 Å². The zero-order valence-corrected chi connectivity index (χ0v) is 18.6. The lowest BCUT2D eigenvalue weighted by atomic mass is 10.1. The predicted octanol–water partition coefficient (Wildman–Crippen LogP) is 3.48. The molecule has 10 heteroatoms. The third-order valence-corrected chi connectivity index (χ3v) is 5.37. The zero-order valence-electron chi connectivity index (χ0n) is 18.6. The maximum absolute atomic E-state index is 13.8. The molecule has 1 aliphatic heterocycles. The molecule has 2 heterocycles. The Morgan fingerprint density at radius 3 is 2.68 bits per heavy atom. The van der Waals surface area contributed by atoms with E-state index in [1.807, 2.05) is 6.92 Å². The van der Waals surface area contributed by atoms with Crippen LogP contribution >= 0.6 is 0 Å². The van der Waals surface area contributed by atoms with Gasteiger partial charge in [-0.3, -0.25) is 14.3 Å². The number of amides is 2. The Morgan fingerprint density at radius 1 is 1.15 bits per heavy atom. The topological polar surface area (TPSA) is 85.7 Å². The summed E-state index contributed by atoms with van der Waals surface area (Å²) in [6, 6.07) is 9.67. The highest BCUT2D eigenvalue weighted by molar-refractivity contribution is 6.08. The van der Waals surface area contributed by atoms with Gasteiger partial charge in [0.1, 0.15) is 18.1 Å². The summed E-state index contributed by atoms with van der Waals surface area (Å²) in [6.45, 7) is 4.18. The first-order valence-electron chi connectivity index (χ1n) is 10.9. The molecule has 1 fully saturated rings. The fourth-order valence-electron chi connectivity index (χ4n) is 3.61. The maximum atomic E-state index is 13.8. The van der Waals surface area contributed by atoms with Gasteiger partial charge in [-0.15, -0.1) is 0 Å². The number of ether oxygens (including phenoxy) is 2. The van der Waals surface area contributed by atoms with Crippen molar-refractivity contribution in [2.45, 2.75) is 20.1 Å². The van der Waals surface area contributed by atoms with E-state index in [-0.39, 0.29) is 18.3 Å². The monoisotopic (exact) mass is 470 g/mol. The highest BCUT2D eigenvalue weighted by Crippen LogP contribution is 2.21. The number of nitrogens with zero attached hydrogens (tertiary/aromatic N) is 3. The maximum Gasteiger partial charge on any atom is 0.274 e. The molecule has 8 nitrogen and oxygen atoms in total. The SMILES string of the molecule is CCn1ncc(NC(=O)c2cccc(COc3ccc(F)cc3F)c2)c1C(=O)N1CCOCC1. The second-order valence-electron chi connectivity index (χ2n) is 7.65. The van der Waals surface area contributed by atoms with Gasteiger partial charge in [0.05, 0.1) is 25.1 Å². The Bertz CT molecular complexity index is 1190. The third-order valence-electron chi connectivity index (χ3n) is 5.37. The van der Waals surface area contributed by atoms with Crippen molar-refractivity contribution < 1.29 is 27.8 Å². The molecule has 0 saturated carbocycles. The molecule has 1 aromatic heterocycles. The first-order chi connectivity index (χ1) is 16.5. The average molecular weight is 470 g/mol. The van der Waals surface area contributed by atoms with Gasteiger partial charge >= 0.3 is 0 Å². The van der Waals surface area contributed by atoms with E-state index < -0.39 is 17.5 Å². The number of benzene rings is 2. The molecule has 4 rings (SSSR count). The summed E-state index contributed by atoms with van der Waals surface area (Å²) in [4.78, 5) is 27.7. The van der Waals surface area contributed by atoms with Gasteiger partial charge < -0.3 is 19.7 Å². The average Bonchev–Trinajstić information content (AvgIpc) is 3.26. The number of nitrogens with one attached hydrogen (secondary N) is 1. The van der Waals surface area contributed by atoms with E-state index in [2.05, 4.69) is 10.4 Å². The van der Waals surface area contributed by atoms with Crippen LogP contribution in [0.5, 0.6) is 5.75 Å². The minimum atomic E-state index is -0.806. The van der Waals surface area contributed by atoms with Gasteiger partial charge in [-0.1, -0.05) is 12.1 Å². The Morgan fingerprint density at radius 2 is 1.94 bits per heavy atom. The number of hydrogen-bond acceptors (Lipinski definition) is 5. The van der Waals surface area contributed by atoms with Crippen LogP contribution < -0.4 is 10.1 Å². The van der Waals surface area contributed by atoms with Crippen LogP contribution in [0.4, 0.5) is 14.5 Å². The molecular formula is C24H24F2N4O4. The number of morpholine rings is 1. The van der Waals surface area contributed by atoms with Crippen molar-refractivity contribution in [1.29, 1.82) is 0 Å². The fourth-order valence-corrected chi connectivity index (χ4v) is 3.61. The van der Waals surface area contributed by atoms with Crippen molar-refractivity contribution >= 4 is 17.5 Å². The van der Waals surface area contributed by atoms with Crippen molar-refractivity contribution in [3.8, 4) is 5.75 Å². The standard InChI is InChI=1S/C24H24F2N4O4/c1-2-30-22(24(32)29-8-10-33-11-9-29)20(14-27-30)28-23(31)17-5-3-4-16(12-17)15-34-21-7-6-18(25)13-19(21)26/h3-7,12-14H,2,8-11,15H2,1H3,(H,28,31). The Balaban J connectivity index is 1.48. The number of anilines is 1. The minimum absolute atomic E-state index is 0.0157. The van der Waals surface area contributed by atoms with Gasteiger partial charge in [0.25, 0.3) is 11.8 Å². The predicted molar refractivity (Wildman–Crippen MR) is 120 cm³/mol. The van der Waals surface area contributed by atoms with E-state index in [0.717, 1.165) is 12.1 Å². The normalized spacial score (nSPS) is 13.6. The first-order valence-corrected chi connectivity index (χ1v) is 10.9. The summed E-state index contributed by atoms with van der Waals surface area (Å²) in [7, 11) is 0. The molecule has 0 radical (unpaired) electrons. The highest BCUT2D eigenvalue weighted by atomic mass is 19.1. The molecule has 1 aliphatic rings. The lowest BCUT2D eigenvalue weighted by Crippen LogP contribution is -2.41. The smallest absolute Gasteiger partial charge is 0.274 e. The second-order valence-corrected chi connectivity index (χ2v) is 7.65. The molecule has 178 valence electrons. The van der Waals surface area contributed by atoms with E-state index in [4.69, 9.17) is 9.47 Å². The molecule has 1 N–H and O–H groups in total. The van der Waals surface area contributed by atoms with Crippen LogP contribution in [0.1, 0.15) is 33.3 Å². The van der Waals surface area contributed by atoms with Crippen LogP contribution in [0.2, 0.25) is 0 Å². The van der Waals surface area contributed by atoms with Gasteiger partial charge in [0, 0.05) is 31.3 Å². The van der Waals surface area contributed by atoms with Crippen LogP contribution in [0.3, 0.4) is 0 Å². The summed E-state index contributed by atoms with van der Waals surface area (Å²) < 4.78 is 39.1. The number of halogens is 2. The van der Waals surface area contributed by atoms with Crippen LogP contribution in [-0.2, 0) is 17.9 Å². The van der Waals surface area contributed by atoms with E-state index >= 15 is 0 Å². The van der Waals surface area contributed by atoms with E-state index in [0.29, 0.717) is 55.4 Å². The lowest BCUT2D eigenvalue weighted by Gasteiger charge is -2.27. The van der Waals surface area contributed by atoms with Crippen LogP contribution in [0, 0.1) is 11.6 Å². The molecule has 34 heavy (non-hydrogen) atoms. The minimum Gasteiger partial charge on any atom is -0.486 e. The number of hydrogen-bond donors (Lipinski definition) is 1. The van der Waals surface area contributed by atoms with Gasteiger partial charge in [-0.25, -0.2) is 8.78 Å². The summed E-state index contributed by atoms with van der Waals surface area (Å²) >= 11 is 0. The van der Waals surface area contributed by atoms with Crippen LogP contribution in [-0.4, -0.2) is 52.8 Å². The van der Waals surface area contributed by atoms with Crippen LogP contribution in [0.25, 0.3) is 0 Å². The Hall–Kier alpha value is -3.79. The molecule has 0 unspecified atom stereocenters. The third kappa shape index (κ3) is 5.23. The number of aryl methyl sites for hydroxylation is 1. The summed E-state index contributed by atoms with van der Waals surface area (Å²) in [6.07, 6.45) is 1.46. The second kappa shape index (κ2) is 10.4. The number of carbonyl (C=O) groups is 2. The van der Waals surface area contributed by atoms with Gasteiger partial charge in [0.15, 0.2) is 11.6 Å². The molecule has 2 aromatic carbocycles. The summed E-state index contributed by atoms with van der Waals surface area (Å²) in [5, 5.41) is 7.01. The number of rotatable bonds is 7. The van der Waals surface area contributed by atoms with Crippen molar-refractivity contribution in [2.24, 2.45) is 0 Å². The van der Waals surface area contributed by atoms with Gasteiger partial charge in [-0.2, -0.15) is 5.10 Å². The lowest BCUT2D eigenvalue weighted by molar-refractivity contribution is 0.0295. The fraction of sp³-hybridized carbons (Fsp3) is 0.292. The number of aromatic nitrogens is 2. The summed E-state index contributed by atoms with van der Waals surface area (Å²) in [5.74, 6) is -2.24. The largest absolute Gasteiger partial charge is 0.486 e. The molecule has 3 aromatic rings. The summed E-state index contributed by atoms with van der Waals surface area (Å²) in [5.41, 5.74) is 1.57. The van der Waals surface area contributed by atoms with Crippen molar-refractivity contribution in [2.75, 3.05) is 31.6 Å². The zero-order chi connectivity index (χ0) is 24.1. The molecular weight excluding hydrogens is 446 g/mol. The molecule has 0 atom stereocenters. The van der Waals surface area contributed by atoms with E-state index in [1.165, 1.54) is 12.3 Å². The highest BCUT2D eigenvalue weighted by Gasteiger charge is 2.26. The Kier molecular flexibility index (Phi) is 7.17. The molecule has 1 saturated heterocycles. The Labute approximate surface area is 195 Å². The van der Waals surface area contributed by atoms with Crippen molar-refractivity contribution in [3.05, 3.63) is 77.1 Å². The molecule has 0 aliphatic carbocycles. The number of carbonyl (C=O) groups excluding carboxylic acids is 2. The van der Waals surface area contributed by atoms with Gasteiger partial charge in [0.2, 0.25) is 0 Å². The van der Waals surface area contributed by atoms with Crippen LogP contribution in [0.15, 0.2) is 48.7 Å². The van der Waals surface area contributed by atoms with Crippen molar-refractivity contribution in [1.82, 2.24) is 14.7 Å². The van der Waals surface area contributed by atoms with E-state index in [9.17, 15) is 18.4 Å². The first kappa shape index (κ1) is 23.4. The molecule has 0 bridgehead atoms.